The molecule has 0 spiro atoms. The van der Waals surface area contributed by atoms with Gasteiger partial charge in [0.15, 0.2) is 5.76 Å². The van der Waals surface area contributed by atoms with Crippen LogP contribution in [0.2, 0.25) is 0 Å². The quantitative estimate of drug-likeness (QED) is 0.368. The first-order chi connectivity index (χ1) is 13.2. The Kier molecular flexibility index (Phi) is 5.16. The van der Waals surface area contributed by atoms with Crippen LogP contribution in [0.5, 0.6) is 0 Å². The molecule has 0 saturated carbocycles. The zero-order valence-corrected chi connectivity index (χ0v) is 16.0. The Labute approximate surface area is 161 Å². The lowest BCUT2D eigenvalue weighted by Crippen LogP contribution is -2.12. The maximum absolute atomic E-state index is 11.4. The van der Waals surface area contributed by atoms with Crippen molar-refractivity contribution >= 4 is 38.1 Å². The van der Waals surface area contributed by atoms with E-state index in [2.05, 4.69) is 10.5 Å². The third kappa shape index (κ3) is 3.73. The molecule has 0 atom stereocenters. The van der Waals surface area contributed by atoms with Crippen molar-refractivity contribution in [2.24, 2.45) is 10.2 Å². The van der Waals surface area contributed by atoms with Crippen LogP contribution in [0, 0.1) is 10.1 Å². The maximum atomic E-state index is 11.4. The Morgan fingerprint density at radius 3 is 2.64 bits per heavy atom. The number of rotatable bonds is 6. The molecule has 0 aliphatic rings. The second-order valence-corrected chi connectivity index (χ2v) is 7.61. The minimum atomic E-state index is -4.06. The van der Waals surface area contributed by atoms with Gasteiger partial charge in [0.25, 0.3) is 5.69 Å². The summed E-state index contributed by atoms with van der Waals surface area (Å²) in [6.45, 7) is 3.72. The molecule has 10 heteroatoms. The molecule has 146 valence electrons. The van der Waals surface area contributed by atoms with Gasteiger partial charge in [-0.05, 0) is 31.5 Å². The first kappa shape index (κ1) is 19.5. The van der Waals surface area contributed by atoms with Crippen LogP contribution in [0.4, 0.5) is 11.4 Å². The van der Waals surface area contributed by atoms with Gasteiger partial charge in [-0.15, -0.1) is 0 Å². The first-order valence-electron chi connectivity index (χ1n) is 8.34. The van der Waals surface area contributed by atoms with E-state index in [1.807, 2.05) is 31.2 Å². The Bertz CT molecular complexity index is 1200. The lowest BCUT2D eigenvalue weighted by Gasteiger charge is -2.06. The van der Waals surface area contributed by atoms with E-state index in [-0.39, 0.29) is 10.6 Å². The van der Waals surface area contributed by atoms with Crippen LogP contribution in [-0.4, -0.2) is 19.1 Å². The Morgan fingerprint density at radius 2 is 2.00 bits per heavy atom. The number of nitrogens with one attached hydrogen (secondary N) is 1. The molecule has 0 aliphatic carbocycles. The lowest BCUT2D eigenvalue weighted by molar-refractivity contribution is -0.384. The molecule has 0 unspecified atom stereocenters. The summed E-state index contributed by atoms with van der Waals surface area (Å²) in [5.74, 6) is 0.583. The van der Waals surface area contributed by atoms with Gasteiger partial charge in [-0.25, -0.2) is 13.6 Å². The normalized spacial score (nSPS) is 12.3. The number of nitro groups is 1. The molecule has 9 nitrogen and oxygen atoms in total. The van der Waals surface area contributed by atoms with E-state index in [1.165, 1.54) is 12.1 Å². The van der Waals surface area contributed by atoms with Crippen molar-refractivity contribution < 1.29 is 17.8 Å². The Hall–Kier alpha value is -3.24. The first-order valence-corrected chi connectivity index (χ1v) is 9.89. The fourth-order valence-corrected chi connectivity index (χ4v) is 3.40. The van der Waals surface area contributed by atoms with Crippen molar-refractivity contribution in [3.8, 4) is 0 Å². The van der Waals surface area contributed by atoms with Crippen LogP contribution < -0.4 is 10.6 Å². The highest BCUT2D eigenvalue weighted by Crippen LogP contribution is 2.29. The highest BCUT2D eigenvalue weighted by molar-refractivity contribution is 7.89. The number of hydrogen-bond acceptors (Lipinski definition) is 7. The number of furan rings is 1. The lowest BCUT2D eigenvalue weighted by atomic mass is 10.1. The molecular weight excluding hydrogens is 384 g/mol. The SMILES string of the molecule is CCc1c(/C(C)=N\Nc2ccc(S(N)(=O)=O)cc2[N+](=O)[O-])oc2ccccc12. The highest BCUT2D eigenvalue weighted by atomic mass is 32.2. The molecule has 0 bridgehead atoms. The summed E-state index contributed by atoms with van der Waals surface area (Å²) in [6.07, 6.45) is 0.725. The number of aryl methyl sites for hydroxylation is 1. The van der Waals surface area contributed by atoms with Gasteiger partial charge in [0.1, 0.15) is 17.0 Å². The standard InChI is InChI=1S/C18H18N4O5S/c1-3-13-14-6-4-5-7-17(14)27-18(13)11(2)20-21-15-9-8-12(28(19,25)26)10-16(15)22(23)24/h4-10,21H,3H2,1-2H3,(H2,19,25,26)/b20-11-. The zero-order chi connectivity index (χ0) is 20.5. The predicted octanol–water partition coefficient (Wildman–Crippen LogP) is 3.39. The molecule has 0 fully saturated rings. The second kappa shape index (κ2) is 7.41. The zero-order valence-electron chi connectivity index (χ0n) is 15.2. The Balaban J connectivity index is 1.99. The van der Waals surface area contributed by atoms with E-state index in [0.29, 0.717) is 11.5 Å². The van der Waals surface area contributed by atoms with Crippen LogP contribution in [0.1, 0.15) is 25.2 Å². The van der Waals surface area contributed by atoms with Gasteiger partial charge in [-0.3, -0.25) is 15.5 Å². The monoisotopic (exact) mass is 402 g/mol. The van der Waals surface area contributed by atoms with Gasteiger partial charge in [0.05, 0.1) is 9.82 Å². The summed E-state index contributed by atoms with van der Waals surface area (Å²) in [6, 6.07) is 10.9. The molecule has 0 saturated heterocycles. The molecule has 1 aromatic heterocycles. The molecule has 3 aromatic rings. The molecule has 3 N–H and O–H groups in total. The minimum absolute atomic E-state index is 0.0332. The summed E-state index contributed by atoms with van der Waals surface area (Å²) < 4.78 is 28.7. The molecule has 0 aliphatic heterocycles. The van der Waals surface area contributed by atoms with Crippen molar-refractivity contribution in [3.63, 3.8) is 0 Å². The summed E-state index contributed by atoms with van der Waals surface area (Å²) in [4.78, 5) is 10.2. The van der Waals surface area contributed by atoms with E-state index in [1.54, 1.807) is 6.92 Å². The van der Waals surface area contributed by atoms with Gasteiger partial charge in [-0.2, -0.15) is 5.10 Å². The molecule has 2 aromatic carbocycles. The van der Waals surface area contributed by atoms with E-state index in [4.69, 9.17) is 9.56 Å². The van der Waals surface area contributed by atoms with Crippen molar-refractivity contribution in [3.05, 3.63) is 63.9 Å². The summed E-state index contributed by atoms with van der Waals surface area (Å²) in [5.41, 5.74) is 4.41. The van der Waals surface area contributed by atoms with Gasteiger partial charge < -0.3 is 4.42 Å². The van der Waals surface area contributed by atoms with Gasteiger partial charge >= 0.3 is 0 Å². The summed E-state index contributed by atoms with van der Waals surface area (Å²) >= 11 is 0. The van der Waals surface area contributed by atoms with Crippen molar-refractivity contribution in [2.75, 3.05) is 5.43 Å². The molecule has 1 heterocycles. The van der Waals surface area contributed by atoms with E-state index in [9.17, 15) is 18.5 Å². The molecular formula is C18H18N4O5S. The number of hydrogen-bond donors (Lipinski definition) is 2. The van der Waals surface area contributed by atoms with E-state index in [0.717, 1.165) is 29.0 Å². The van der Waals surface area contributed by atoms with Crippen LogP contribution in [0.25, 0.3) is 11.0 Å². The van der Waals surface area contributed by atoms with Crippen LogP contribution >= 0.6 is 0 Å². The molecule has 0 amide bonds. The van der Waals surface area contributed by atoms with E-state index >= 15 is 0 Å². The number of nitrogens with two attached hydrogens (primary N) is 1. The number of nitro benzene ring substituents is 1. The number of para-hydroxylation sites is 1. The highest BCUT2D eigenvalue weighted by Gasteiger charge is 2.20. The smallest absolute Gasteiger partial charge is 0.295 e. The second-order valence-electron chi connectivity index (χ2n) is 6.05. The van der Waals surface area contributed by atoms with Crippen LogP contribution in [0.3, 0.4) is 0 Å². The van der Waals surface area contributed by atoms with Crippen LogP contribution in [-0.2, 0) is 16.4 Å². The number of fused-ring (bicyclic) bond motifs is 1. The number of nitrogens with zero attached hydrogens (tertiary/aromatic N) is 2. The predicted molar refractivity (Wildman–Crippen MR) is 106 cm³/mol. The van der Waals surface area contributed by atoms with Crippen molar-refractivity contribution in [1.29, 1.82) is 0 Å². The average Bonchev–Trinajstić information content (AvgIpc) is 3.03. The number of sulfonamides is 1. The number of primary sulfonamides is 1. The van der Waals surface area contributed by atoms with E-state index < -0.39 is 20.6 Å². The number of anilines is 1. The third-order valence-corrected chi connectivity index (χ3v) is 5.13. The minimum Gasteiger partial charge on any atom is -0.454 e. The van der Waals surface area contributed by atoms with Crippen LogP contribution in [0.15, 0.2) is 56.9 Å². The summed E-state index contributed by atoms with van der Waals surface area (Å²) in [5, 5.41) is 21.5. The maximum Gasteiger partial charge on any atom is 0.295 e. The van der Waals surface area contributed by atoms with Gasteiger partial charge in [-0.1, -0.05) is 25.1 Å². The average molecular weight is 402 g/mol. The number of hydrazone groups is 1. The van der Waals surface area contributed by atoms with Crippen molar-refractivity contribution in [1.82, 2.24) is 0 Å². The third-order valence-electron chi connectivity index (χ3n) is 4.22. The number of benzene rings is 2. The molecule has 0 radical (unpaired) electrons. The fourth-order valence-electron chi connectivity index (χ4n) is 2.87. The van der Waals surface area contributed by atoms with Crippen molar-refractivity contribution in [2.45, 2.75) is 25.2 Å². The summed E-state index contributed by atoms with van der Waals surface area (Å²) in [7, 11) is -4.06. The Morgan fingerprint density at radius 1 is 1.29 bits per heavy atom. The van der Waals surface area contributed by atoms with Gasteiger partial charge in [0, 0.05) is 17.0 Å². The topological polar surface area (TPSA) is 141 Å². The largest absolute Gasteiger partial charge is 0.454 e. The fraction of sp³-hybridized carbons (Fsp3) is 0.167. The molecule has 3 rings (SSSR count). The van der Waals surface area contributed by atoms with Gasteiger partial charge in [0.2, 0.25) is 10.0 Å². The molecule has 28 heavy (non-hydrogen) atoms.